The minimum absolute atomic E-state index is 0.0224. The number of carbonyl (C=O) groups excluding carboxylic acids is 1. The molecule has 90 valence electrons. The molecule has 16 heavy (non-hydrogen) atoms. The number of carboxylic acid groups (broad SMARTS) is 1. The van der Waals surface area contributed by atoms with Crippen LogP contribution in [-0.2, 0) is 9.59 Å². The maximum Gasteiger partial charge on any atom is 0.306 e. The van der Waals surface area contributed by atoms with Crippen molar-refractivity contribution in [1.29, 1.82) is 0 Å². The SMILES string of the molecule is CCN1CC(=O)N[C@@H]2C[C@@H](C(=O)O)CC[C@H]21. The van der Waals surface area contributed by atoms with Crippen LogP contribution in [0.25, 0.3) is 0 Å². The van der Waals surface area contributed by atoms with Crippen molar-refractivity contribution in [3.8, 4) is 0 Å². The van der Waals surface area contributed by atoms with Crippen molar-refractivity contribution in [2.24, 2.45) is 5.92 Å². The molecule has 2 fully saturated rings. The third-order valence-corrected chi connectivity index (χ3v) is 3.73. The van der Waals surface area contributed by atoms with Crippen LogP contribution in [0.5, 0.6) is 0 Å². The van der Waals surface area contributed by atoms with Crippen molar-refractivity contribution in [3.05, 3.63) is 0 Å². The largest absolute Gasteiger partial charge is 0.481 e. The van der Waals surface area contributed by atoms with E-state index in [-0.39, 0.29) is 17.9 Å². The number of fused-ring (bicyclic) bond motifs is 1. The second-order valence-corrected chi connectivity index (χ2v) is 4.65. The van der Waals surface area contributed by atoms with Crippen LogP contribution in [0.15, 0.2) is 0 Å². The second-order valence-electron chi connectivity index (χ2n) is 4.65. The van der Waals surface area contributed by atoms with Gasteiger partial charge in [-0.15, -0.1) is 0 Å². The summed E-state index contributed by atoms with van der Waals surface area (Å²) in [6.45, 7) is 3.35. The average Bonchev–Trinajstić information content (AvgIpc) is 2.26. The maximum absolute atomic E-state index is 11.5. The van der Waals surface area contributed by atoms with Crippen molar-refractivity contribution in [2.45, 2.75) is 38.3 Å². The highest BCUT2D eigenvalue weighted by Crippen LogP contribution is 2.29. The molecule has 1 amide bonds. The van der Waals surface area contributed by atoms with Crippen LogP contribution < -0.4 is 5.32 Å². The Bertz CT molecular complexity index is 306. The van der Waals surface area contributed by atoms with Crippen LogP contribution in [0.2, 0.25) is 0 Å². The van der Waals surface area contributed by atoms with Gasteiger partial charge in [0.1, 0.15) is 0 Å². The molecule has 3 atom stereocenters. The zero-order chi connectivity index (χ0) is 11.7. The molecule has 1 aliphatic heterocycles. The lowest BCUT2D eigenvalue weighted by Crippen LogP contribution is -2.62. The summed E-state index contributed by atoms with van der Waals surface area (Å²) in [4.78, 5) is 24.6. The van der Waals surface area contributed by atoms with Crippen LogP contribution in [0.1, 0.15) is 26.2 Å². The molecule has 1 heterocycles. The van der Waals surface area contributed by atoms with Gasteiger partial charge in [-0.2, -0.15) is 0 Å². The average molecular weight is 226 g/mol. The predicted molar refractivity (Wildman–Crippen MR) is 57.9 cm³/mol. The lowest BCUT2D eigenvalue weighted by molar-refractivity contribution is -0.145. The van der Waals surface area contributed by atoms with Gasteiger partial charge < -0.3 is 10.4 Å². The molecule has 1 saturated carbocycles. The molecule has 0 spiro atoms. The van der Waals surface area contributed by atoms with Crippen LogP contribution >= 0.6 is 0 Å². The molecule has 2 N–H and O–H groups in total. The lowest BCUT2D eigenvalue weighted by atomic mass is 9.80. The molecule has 5 nitrogen and oxygen atoms in total. The topological polar surface area (TPSA) is 69.6 Å². The summed E-state index contributed by atoms with van der Waals surface area (Å²) in [7, 11) is 0. The van der Waals surface area contributed by atoms with Gasteiger partial charge in [-0.25, -0.2) is 0 Å². The maximum atomic E-state index is 11.5. The molecule has 2 rings (SSSR count). The van der Waals surface area contributed by atoms with E-state index in [4.69, 9.17) is 5.11 Å². The summed E-state index contributed by atoms with van der Waals surface area (Å²) < 4.78 is 0. The van der Waals surface area contributed by atoms with Gasteiger partial charge in [0.2, 0.25) is 5.91 Å². The smallest absolute Gasteiger partial charge is 0.306 e. The van der Waals surface area contributed by atoms with Gasteiger partial charge in [-0.05, 0) is 25.8 Å². The summed E-state index contributed by atoms with van der Waals surface area (Å²) in [6, 6.07) is 0.356. The minimum Gasteiger partial charge on any atom is -0.481 e. The van der Waals surface area contributed by atoms with Gasteiger partial charge in [0.25, 0.3) is 0 Å². The van der Waals surface area contributed by atoms with Crippen molar-refractivity contribution in [3.63, 3.8) is 0 Å². The third-order valence-electron chi connectivity index (χ3n) is 3.73. The number of aliphatic carboxylic acids is 1. The van der Waals surface area contributed by atoms with E-state index in [9.17, 15) is 9.59 Å². The summed E-state index contributed by atoms with van der Waals surface area (Å²) in [5, 5.41) is 11.9. The number of carboxylic acids is 1. The summed E-state index contributed by atoms with van der Waals surface area (Å²) in [5.41, 5.74) is 0. The molecule has 0 aromatic heterocycles. The van der Waals surface area contributed by atoms with E-state index >= 15 is 0 Å². The van der Waals surface area contributed by atoms with E-state index in [1.807, 2.05) is 6.92 Å². The first kappa shape index (κ1) is 11.4. The van der Waals surface area contributed by atoms with Crippen LogP contribution in [0.3, 0.4) is 0 Å². The molecular formula is C11H18N2O3. The van der Waals surface area contributed by atoms with E-state index in [2.05, 4.69) is 10.2 Å². The van der Waals surface area contributed by atoms with Gasteiger partial charge in [0, 0.05) is 12.1 Å². The van der Waals surface area contributed by atoms with Crippen molar-refractivity contribution >= 4 is 11.9 Å². The normalized spacial score (nSPS) is 35.3. The number of rotatable bonds is 2. The molecular weight excluding hydrogens is 208 g/mol. The zero-order valence-corrected chi connectivity index (χ0v) is 9.48. The number of nitrogens with zero attached hydrogens (tertiary/aromatic N) is 1. The fourth-order valence-electron chi connectivity index (χ4n) is 2.87. The first-order valence-electron chi connectivity index (χ1n) is 5.88. The van der Waals surface area contributed by atoms with Crippen molar-refractivity contribution in [1.82, 2.24) is 10.2 Å². The number of likely N-dealkylation sites (N-methyl/N-ethyl adjacent to an activating group) is 1. The van der Waals surface area contributed by atoms with E-state index in [1.165, 1.54) is 0 Å². The van der Waals surface area contributed by atoms with Gasteiger partial charge in [-0.1, -0.05) is 6.92 Å². The number of nitrogens with one attached hydrogen (secondary N) is 1. The Balaban J connectivity index is 2.07. The Morgan fingerprint density at radius 2 is 2.31 bits per heavy atom. The Morgan fingerprint density at radius 1 is 1.56 bits per heavy atom. The number of amides is 1. The quantitative estimate of drug-likeness (QED) is 0.698. The molecule has 0 aromatic rings. The minimum atomic E-state index is -0.735. The number of hydrogen-bond acceptors (Lipinski definition) is 3. The molecule has 0 radical (unpaired) electrons. The van der Waals surface area contributed by atoms with E-state index in [1.54, 1.807) is 0 Å². The zero-order valence-electron chi connectivity index (χ0n) is 9.48. The summed E-state index contributed by atoms with van der Waals surface area (Å²) in [5.74, 6) is -1.01. The Labute approximate surface area is 94.8 Å². The van der Waals surface area contributed by atoms with Crippen LogP contribution in [0, 0.1) is 5.92 Å². The van der Waals surface area contributed by atoms with Gasteiger partial charge in [0.15, 0.2) is 0 Å². The van der Waals surface area contributed by atoms with Crippen molar-refractivity contribution < 1.29 is 14.7 Å². The molecule has 1 saturated heterocycles. The van der Waals surface area contributed by atoms with Crippen LogP contribution in [-0.4, -0.2) is 47.1 Å². The first-order chi connectivity index (χ1) is 7.61. The highest BCUT2D eigenvalue weighted by molar-refractivity contribution is 5.79. The standard InChI is InChI=1S/C11H18N2O3/c1-2-13-6-10(14)12-8-5-7(11(15)16)3-4-9(8)13/h7-9H,2-6H2,1H3,(H,12,14)(H,15,16)/t7-,8+,9+/m0/s1. The fourth-order valence-corrected chi connectivity index (χ4v) is 2.87. The molecule has 0 unspecified atom stereocenters. The highest BCUT2D eigenvalue weighted by Gasteiger charge is 2.40. The van der Waals surface area contributed by atoms with Gasteiger partial charge in [-0.3, -0.25) is 14.5 Å². The van der Waals surface area contributed by atoms with Gasteiger partial charge in [0.05, 0.1) is 12.5 Å². The van der Waals surface area contributed by atoms with Crippen molar-refractivity contribution in [2.75, 3.05) is 13.1 Å². The lowest BCUT2D eigenvalue weighted by Gasteiger charge is -2.45. The van der Waals surface area contributed by atoms with E-state index < -0.39 is 5.97 Å². The Hall–Kier alpha value is -1.10. The van der Waals surface area contributed by atoms with E-state index in [0.717, 1.165) is 19.4 Å². The predicted octanol–water partition coefficient (Wildman–Crippen LogP) is 0.0600. The van der Waals surface area contributed by atoms with Gasteiger partial charge >= 0.3 is 5.97 Å². The molecule has 2 aliphatic rings. The molecule has 1 aliphatic carbocycles. The Kier molecular flexibility index (Phi) is 3.14. The molecule has 0 aromatic carbocycles. The van der Waals surface area contributed by atoms with Crippen LogP contribution in [0.4, 0.5) is 0 Å². The second kappa shape index (κ2) is 4.41. The number of piperazine rings is 1. The molecule has 0 bridgehead atoms. The third kappa shape index (κ3) is 2.04. The first-order valence-corrected chi connectivity index (χ1v) is 5.88. The Morgan fingerprint density at radius 3 is 2.94 bits per heavy atom. The number of hydrogen-bond donors (Lipinski definition) is 2. The summed E-state index contributed by atoms with van der Waals surface area (Å²) in [6.07, 6.45) is 2.17. The molecule has 5 heteroatoms. The number of carbonyl (C=O) groups is 2. The highest BCUT2D eigenvalue weighted by atomic mass is 16.4. The monoisotopic (exact) mass is 226 g/mol. The summed E-state index contributed by atoms with van der Waals surface area (Å²) >= 11 is 0. The van der Waals surface area contributed by atoms with E-state index in [0.29, 0.717) is 19.0 Å². The fraction of sp³-hybridized carbons (Fsp3) is 0.818.